The highest BCUT2D eigenvalue weighted by atomic mass is 16.3. The second-order valence-electron chi connectivity index (χ2n) is 4.52. The quantitative estimate of drug-likeness (QED) is 0.614. The van der Waals surface area contributed by atoms with E-state index in [2.05, 4.69) is 20.8 Å². The molecule has 0 spiro atoms. The number of hydrogen-bond acceptors (Lipinski definition) is 1. The molecule has 0 saturated heterocycles. The Bertz CT molecular complexity index is 99.3. The van der Waals surface area contributed by atoms with Crippen LogP contribution in [0, 0.1) is 11.8 Å². The molecule has 0 bridgehead atoms. The fourth-order valence-corrected chi connectivity index (χ4v) is 1.63. The SMILES string of the molecule is CCCC[C@@H](CO)CCCC(C)C. The third-order valence-electron chi connectivity index (χ3n) is 2.62. The summed E-state index contributed by atoms with van der Waals surface area (Å²) in [4.78, 5) is 0. The zero-order chi connectivity index (χ0) is 10.1. The zero-order valence-electron chi connectivity index (χ0n) is 9.55. The predicted octanol–water partition coefficient (Wildman–Crippen LogP) is 3.61. The van der Waals surface area contributed by atoms with Crippen LogP contribution >= 0.6 is 0 Å². The van der Waals surface area contributed by atoms with Crippen molar-refractivity contribution in [1.29, 1.82) is 0 Å². The maximum Gasteiger partial charge on any atom is 0.0459 e. The highest BCUT2D eigenvalue weighted by Crippen LogP contribution is 2.17. The van der Waals surface area contributed by atoms with Crippen molar-refractivity contribution in [3.8, 4) is 0 Å². The molecular weight excluding hydrogens is 160 g/mol. The van der Waals surface area contributed by atoms with Gasteiger partial charge in [0.05, 0.1) is 0 Å². The van der Waals surface area contributed by atoms with E-state index in [9.17, 15) is 0 Å². The first-order chi connectivity index (χ1) is 6.20. The Morgan fingerprint density at radius 1 is 1.00 bits per heavy atom. The van der Waals surface area contributed by atoms with Gasteiger partial charge in [-0.25, -0.2) is 0 Å². The molecule has 13 heavy (non-hydrogen) atoms. The van der Waals surface area contributed by atoms with Crippen LogP contribution in [0.5, 0.6) is 0 Å². The van der Waals surface area contributed by atoms with Gasteiger partial charge in [-0.2, -0.15) is 0 Å². The lowest BCUT2D eigenvalue weighted by molar-refractivity contribution is 0.204. The molecule has 0 heterocycles. The number of aliphatic hydroxyl groups is 1. The summed E-state index contributed by atoms with van der Waals surface area (Å²) in [5.41, 5.74) is 0. The van der Waals surface area contributed by atoms with Gasteiger partial charge in [0.1, 0.15) is 0 Å². The Morgan fingerprint density at radius 2 is 1.62 bits per heavy atom. The first-order valence-corrected chi connectivity index (χ1v) is 5.81. The molecule has 1 atom stereocenters. The van der Waals surface area contributed by atoms with Gasteiger partial charge in [0.25, 0.3) is 0 Å². The molecule has 0 aromatic heterocycles. The van der Waals surface area contributed by atoms with E-state index in [1.807, 2.05) is 0 Å². The van der Waals surface area contributed by atoms with E-state index in [1.54, 1.807) is 0 Å². The lowest BCUT2D eigenvalue weighted by Crippen LogP contribution is -2.06. The van der Waals surface area contributed by atoms with E-state index in [-0.39, 0.29) is 0 Å². The summed E-state index contributed by atoms with van der Waals surface area (Å²) in [6.45, 7) is 7.13. The highest BCUT2D eigenvalue weighted by molar-refractivity contribution is 4.58. The average Bonchev–Trinajstić information content (AvgIpc) is 2.10. The average molecular weight is 186 g/mol. The Hall–Kier alpha value is -0.0400. The van der Waals surface area contributed by atoms with Crippen molar-refractivity contribution in [1.82, 2.24) is 0 Å². The Labute approximate surface area is 83.5 Å². The summed E-state index contributed by atoms with van der Waals surface area (Å²) in [5, 5.41) is 9.12. The minimum absolute atomic E-state index is 0.387. The van der Waals surface area contributed by atoms with Gasteiger partial charge in [0.15, 0.2) is 0 Å². The molecule has 0 aromatic rings. The molecule has 0 fully saturated rings. The van der Waals surface area contributed by atoms with Gasteiger partial charge in [-0.05, 0) is 24.7 Å². The Morgan fingerprint density at radius 3 is 2.08 bits per heavy atom. The largest absolute Gasteiger partial charge is 0.396 e. The first kappa shape index (κ1) is 13.0. The smallest absolute Gasteiger partial charge is 0.0459 e. The van der Waals surface area contributed by atoms with E-state index in [0.29, 0.717) is 12.5 Å². The van der Waals surface area contributed by atoms with Crippen molar-refractivity contribution in [2.75, 3.05) is 6.61 Å². The molecule has 0 saturated carbocycles. The van der Waals surface area contributed by atoms with E-state index < -0.39 is 0 Å². The van der Waals surface area contributed by atoms with Crippen molar-refractivity contribution in [2.24, 2.45) is 11.8 Å². The second kappa shape index (κ2) is 8.55. The van der Waals surface area contributed by atoms with Gasteiger partial charge >= 0.3 is 0 Å². The standard InChI is InChI=1S/C12H26O/c1-4-5-8-12(10-13)9-6-7-11(2)3/h11-13H,4-10H2,1-3H3/t12-/m1/s1. The van der Waals surface area contributed by atoms with Gasteiger partial charge < -0.3 is 5.11 Å². The minimum atomic E-state index is 0.387. The summed E-state index contributed by atoms with van der Waals surface area (Å²) >= 11 is 0. The fraction of sp³-hybridized carbons (Fsp3) is 1.00. The molecule has 0 amide bonds. The van der Waals surface area contributed by atoms with Crippen molar-refractivity contribution in [2.45, 2.75) is 59.3 Å². The topological polar surface area (TPSA) is 20.2 Å². The van der Waals surface area contributed by atoms with Crippen LogP contribution in [-0.2, 0) is 0 Å². The predicted molar refractivity (Wildman–Crippen MR) is 58.8 cm³/mol. The van der Waals surface area contributed by atoms with E-state index in [1.165, 1.54) is 38.5 Å². The molecule has 0 aliphatic carbocycles. The Balaban J connectivity index is 3.36. The molecule has 0 aliphatic rings. The fourth-order valence-electron chi connectivity index (χ4n) is 1.63. The summed E-state index contributed by atoms with van der Waals surface area (Å²) < 4.78 is 0. The maximum atomic E-state index is 9.12. The third-order valence-corrected chi connectivity index (χ3v) is 2.62. The number of rotatable bonds is 8. The normalized spacial score (nSPS) is 13.6. The van der Waals surface area contributed by atoms with Gasteiger partial charge in [0, 0.05) is 6.61 Å². The van der Waals surface area contributed by atoms with E-state index >= 15 is 0 Å². The van der Waals surface area contributed by atoms with E-state index in [0.717, 1.165) is 5.92 Å². The molecular formula is C12H26O. The summed E-state index contributed by atoms with van der Waals surface area (Å²) in [5.74, 6) is 1.38. The lowest BCUT2D eigenvalue weighted by atomic mass is 9.95. The van der Waals surface area contributed by atoms with Crippen molar-refractivity contribution in [3.05, 3.63) is 0 Å². The molecule has 1 nitrogen and oxygen atoms in total. The third kappa shape index (κ3) is 8.29. The summed E-state index contributed by atoms with van der Waals surface area (Å²) in [7, 11) is 0. The molecule has 0 unspecified atom stereocenters. The van der Waals surface area contributed by atoms with Crippen LogP contribution in [0.15, 0.2) is 0 Å². The van der Waals surface area contributed by atoms with Crippen LogP contribution in [-0.4, -0.2) is 11.7 Å². The van der Waals surface area contributed by atoms with Crippen molar-refractivity contribution < 1.29 is 5.11 Å². The molecule has 0 rings (SSSR count). The van der Waals surface area contributed by atoms with Gasteiger partial charge in [-0.1, -0.05) is 46.5 Å². The molecule has 0 aliphatic heterocycles. The molecule has 1 heteroatoms. The summed E-state index contributed by atoms with van der Waals surface area (Å²) in [6.07, 6.45) is 7.54. The van der Waals surface area contributed by atoms with Crippen LogP contribution in [0.4, 0.5) is 0 Å². The minimum Gasteiger partial charge on any atom is -0.396 e. The molecule has 0 radical (unpaired) electrons. The van der Waals surface area contributed by atoms with Crippen molar-refractivity contribution in [3.63, 3.8) is 0 Å². The second-order valence-corrected chi connectivity index (χ2v) is 4.52. The van der Waals surface area contributed by atoms with Crippen LogP contribution < -0.4 is 0 Å². The lowest BCUT2D eigenvalue weighted by Gasteiger charge is -2.13. The Kier molecular flexibility index (Phi) is 8.53. The summed E-state index contributed by atoms with van der Waals surface area (Å²) in [6, 6.07) is 0. The number of hydrogen-bond donors (Lipinski definition) is 1. The van der Waals surface area contributed by atoms with Crippen LogP contribution in [0.25, 0.3) is 0 Å². The number of aliphatic hydroxyl groups excluding tert-OH is 1. The molecule has 0 aromatic carbocycles. The monoisotopic (exact) mass is 186 g/mol. The molecule has 80 valence electrons. The molecule has 1 N–H and O–H groups in total. The van der Waals surface area contributed by atoms with Crippen molar-refractivity contribution >= 4 is 0 Å². The van der Waals surface area contributed by atoms with Gasteiger partial charge in [0.2, 0.25) is 0 Å². The van der Waals surface area contributed by atoms with E-state index in [4.69, 9.17) is 5.11 Å². The highest BCUT2D eigenvalue weighted by Gasteiger charge is 2.06. The van der Waals surface area contributed by atoms with Crippen LogP contribution in [0.3, 0.4) is 0 Å². The van der Waals surface area contributed by atoms with Crippen LogP contribution in [0.2, 0.25) is 0 Å². The maximum absolute atomic E-state index is 9.12. The first-order valence-electron chi connectivity index (χ1n) is 5.81. The zero-order valence-corrected chi connectivity index (χ0v) is 9.55. The van der Waals surface area contributed by atoms with Crippen LogP contribution in [0.1, 0.15) is 59.3 Å². The number of unbranched alkanes of at least 4 members (excludes halogenated alkanes) is 1. The van der Waals surface area contributed by atoms with Gasteiger partial charge in [-0.3, -0.25) is 0 Å². The van der Waals surface area contributed by atoms with Gasteiger partial charge in [-0.15, -0.1) is 0 Å².